The van der Waals surface area contributed by atoms with Gasteiger partial charge in [-0.1, -0.05) is 13.8 Å². The largest absolute Gasteiger partial charge is 0.396 e. The second kappa shape index (κ2) is 7.76. The Balaban J connectivity index is 1.86. The highest BCUT2D eigenvalue weighted by Crippen LogP contribution is 2.16. The lowest BCUT2D eigenvalue weighted by Gasteiger charge is -2.41. The van der Waals surface area contributed by atoms with Crippen LogP contribution in [0, 0.1) is 5.92 Å². The number of rotatable bonds is 7. The van der Waals surface area contributed by atoms with E-state index in [-0.39, 0.29) is 6.61 Å². The molecule has 0 aromatic carbocycles. The van der Waals surface area contributed by atoms with Crippen LogP contribution >= 0.6 is 0 Å². The summed E-state index contributed by atoms with van der Waals surface area (Å²) in [6.45, 7) is 10.1. The molecule has 0 saturated carbocycles. The lowest BCUT2D eigenvalue weighted by Crippen LogP contribution is -2.53. The van der Waals surface area contributed by atoms with Crippen molar-refractivity contribution in [2.24, 2.45) is 5.92 Å². The molecule has 1 saturated heterocycles. The van der Waals surface area contributed by atoms with E-state index in [1.54, 1.807) is 6.20 Å². The van der Waals surface area contributed by atoms with Crippen molar-refractivity contribution in [2.45, 2.75) is 39.3 Å². The maximum Gasteiger partial charge on any atom is 0.0492 e. The van der Waals surface area contributed by atoms with E-state index in [1.165, 1.54) is 12.1 Å². The Morgan fingerprint density at radius 2 is 2.30 bits per heavy atom. The van der Waals surface area contributed by atoms with Crippen LogP contribution in [0.3, 0.4) is 0 Å². The van der Waals surface area contributed by atoms with Crippen LogP contribution < -0.4 is 0 Å². The zero-order chi connectivity index (χ0) is 14.4. The summed E-state index contributed by atoms with van der Waals surface area (Å²) in [6.07, 6.45) is 3.92. The van der Waals surface area contributed by atoms with E-state index in [1.807, 2.05) is 6.07 Å². The molecule has 0 spiro atoms. The van der Waals surface area contributed by atoms with Crippen LogP contribution in [0.2, 0.25) is 0 Å². The number of aliphatic hydroxyl groups is 1. The van der Waals surface area contributed by atoms with Gasteiger partial charge in [-0.05, 0) is 31.4 Å². The van der Waals surface area contributed by atoms with Crippen molar-refractivity contribution in [3.63, 3.8) is 0 Å². The summed E-state index contributed by atoms with van der Waals surface area (Å²) in [5.74, 6) is 0.743. The minimum Gasteiger partial charge on any atom is -0.396 e. The summed E-state index contributed by atoms with van der Waals surface area (Å²) < 4.78 is 0. The van der Waals surface area contributed by atoms with E-state index < -0.39 is 0 Å². The zero-order valence-corrected chi connectivity index (χ0v) is 12.8. The Labute approximate surface area is 122 Å². The second-order valence-corrected chi connectivity index (χ2v) is 6.20. The lowest BCUT2D eigenvalue weighted by atomic mass is 10.1. The topological polar surface area (TPSA) is 55.4 Å². The lowest BCUT2D eigenvalue weighted by molar-refractivity contribution is 0.0518. The summed E-state index contributed by atoms with van der Waals surface area (Å²) in [4.78, 5) is 5.01. The summed E-state index contributed by atoms with van der Waals surface area (Å²) >= 11 is 0. The molecule has 5 heteroatoms. The molecular formula is C15H28N4O. The zero-order valence-electron chi connectivity index (χ0n) is 12.8. The van der Waals surface area contributed by atoms with Gasteiger partial charge in [-0.3, -0.25) is 14.9 Å². The fourth-order valence-electron chi connectivity index (χ4n) is 2.86. The van der Waals surface area contributed by atoms with Gasteiger partial charge in [0.15, 0.2) is 0 Å². The molecule has 1 aliphatic heterocycles. The van der Waals surface area contributed by atoms with E-state index in [9.17, 15) is 5.11 Å². The van der Waals surface area contributed by atoms with Crippen molar-refractivity contribution in [2.75, 3.05) is 32.8 Å². The van der Waals surface area contributed by atoms with Gasteiger partial charge in [-0.15, -0.1) is 0 Å². The minimum absolute atomic E-state index is 0.279. The van der Waals surface area contributed by atoms with E-state index in [0.29, 0.717) is 6.04 Å². The van der Waals surface area contributed by atoms with Gasteiger partial charge in [-0.2, -0.15) is 5.10 Å². The molecule has 1 atom stereocenters. The number of nitrogens with one attached hydrogen (secondary N) is 1. The number of nitrogens with zero attached hydrogens (tertiary/aromatic N) is 3. The Kier molecular flexibility index (Phi) is 6.01. The van der Waals surface area contributed by atoms with Gasteiger partial charge < -0.3 is 5.11 Å². The maximum atomic E-state index is 9.30. The third-order valence-corrected chi connectivity index (χ3v) is 4.10. The van der Waals surface area contributed by atoms with Crippen LogP contribution in [0.5, 0.6) is 0 Å². The highest BCUT2D eigenvalue weighted by atomic mass is 16.3. The first-order valence-corrected chi connectivity index (χ1v) is 7.74. The minimum atomic E-state index is 0.279. The summed E-state index contributed by atoms with van der Waals surface area (Å²) in [5.41, 5.74) is 1.17. The predicted molar refractivity (Wildman–Crippen MR) is 80.4 cm³/mol. The highest BCUT2D eigenvalue weighted by molar-refractivity contribution is 4.98. The van der Waals surface area contributed by atoms with Gasteiger partial charge in [0.05, 0.1) is 0 Å². The van der Waals surface area contributed by atoms with Gasteiger partial charge in [0.1, 0.15) is 0 Å². The normalized spacial score (nSPS) is 21.7. The molecular weight excluding hydrogens is 252 g/mol. The molecule has 114 valence electrons. The van der Waals surface area contributed by atoms with Crippen molar-refractivity contribution in [3.8, 4) is 0 Å². The highest BCUT2D eigenvalue weighted by Gasteiger charge is 2.26. The number of aliphatic hydroxyl groups excluding tert-OH is 1. The third-order valence-electron chi connectivity index (χ3n) is 4.10. The number of hydrogen-bond donors (Lipinski definition) is 2. The number of aromatic nitrogens is 2. The monoisotopic (exact) mass is 280 g/mol. The molecule has 2 heterocycles. The van der Waals surface area contributed by atoms with Gasteiger partial charge in [0.25, 0.3) is 0 Å². The molecule has 0 bridgehead atoms. The number of aromatic amines is 1. The standard InChI is InChI=1S/C15H28N4O/c1-13(2)4-7-19-9-8-18(12-15(19)5-10-20)11-14-3-6-16-17-14/h3,6,13,15,20H,4-5,7-12H2,1-2H3,(H,16,17)/t15-/m1/s1. The number of hydrogen-bond acceptors (Lipinski definition) is 4. The fraction of sp³-hybridized carbons (Fsp3) is 0.800. The van der Waals surface area contributed by atoms with Crippen molar-refractivity contribution in [1.29, 1.82) is 0 Å². The van der Waals surface area contributed by atoms with Crippen LogP contribution in [0.15, 0.2) is 12.3 Å². The smallest absolute Gasteiger partial charge is 0.0492 e. The molecule has 2 N–H and O–H groups in total. The van der Waals surface area contributed by atoms with E-state index in [0.717, 1.165) is 45.1 Å². The van der Waals surface area contributed by atoms with Gasteiger partial charge in [-0.25, -0.2) is 0 Å². The van der Waals surface area contributed by atoms with Crippen molar-refractivity contribution in [3.05, 3.63) is 18.0 Å². The molecule has 0 unspecified atom stereocenters. The Bertz CT molecular complexity index is 366. The molecule has 2 rings (SSSR count). The fourth-order valence-corrected chi connectivity index (χ4v) is 2.86. The van der Waals surface area contributed by atoms with Crippen molar-refractivity contribution < 1.29 is 5.11 Å². The maximum absolute atomic E-state index is 9.30. The van der Waals surface area contributed by atoms with E-state index in [4.69, 9.17) is 0 Å². The molecule has 1 aromatic heterocycles. The molecule has 0 aliphatic carbocycles. The number of H-pyrrole nitrogens is 1. The summed E-state index contributed by atoms with van der Waals surface area (Å²) in [5, 5.41) is 16.3. The first-order valence-electron chi connectivity index (χ1n) is 7.74. The molecule has 0 radical (unpaired) electrons. The molecule has 1 aromatic rings. The SMILES string of the molecule is CC(C)CCN1CCN(Cc2ccn[nH]2)C[C@H]1CCO. The van der Waals surface area contributed by atoms with Gasteiger partial charge in [0.2, 0.25) is 0 Å². The van der Waals surface area contributed by atoms with Crippen LogP contribution in [0.1, 0.15) is 32.4 Å². The van der Waals surface area contributed by atoms with Crippen LogP contribution in [0.25, 0.3) is 0 Å². The molecule has 1 aliphatic rings. The average molecular weight is 280 g/mol. The van der Waals surface area contributed by atoms with Gasteiger partial charge in [0, 0.05) is 50.7 Å². The van der Waals surface area contributed by atoms with Crippen molar-refractivity contribution in [1.82, 2.24) is 20.0 Å². The van der Waals surface area contributed by atoms with Crippen LogP contribution in [-0.4, -0.2) is 63.9 Å². The quantitative estimate of drug-likeness (QED) is 0.791. The molecule has 0 amide bonds. The third kappa shape index (κ3) is 4.58. The second-order valence-electron chi connectivity index (χ2n) is 6.20. The molecule has 5 nitrogen and oxygen atoms in total. The average Bonchev–Trinajstić information content (AvgIpc) is 2.91. The Morgan fingerprint density at radius 1 is 1.45 bits per heavy atom. The Morgan fingerprint density at radius 3 is 2.95 bits per heavy atom. The molecule has 1 fully saturated rings. The van der Waals surface area contributed by atoms with Crippen molar-refractivity contribution >= 4 is 0 Å². The first-order chi connectivity index (χ1) is 9.69. The Hall–Kier alpha value is -0.910. The van der Waals surface area contributed by atoms with Crippen LogP contribution in [-0.2, 0) is 6.54 Å². The number of piperazine rings is 1. The predicted octanol–water partition coefficient (Wildman–Crippen LogP) is 1.32. The first kappa shape index (κ1) is 15.5. The van der Waals surface area contributed by atoms with Crippen LogP contribution in [0.4, 0.5) is 0 Å². The van der Waals surface area contributed by atoms with E-state index >= 15 is 0 Å². The summed E-state index contributed by atoms with van der Waals surface area (Å²) in [6, 6.07) is 2.52. The van der Waals surface area contributed by atoms with E-state index in [2.05, 4.69) is 33.8 Å². The molecule has 20 heavy (non-hydrogen) atoms. The summed E-state index contributed by atoms with van der Waals surface area (Å²) in [7, 11) is 0. The van der Waals surface area contributed by atoms with Gasteiger partial charge >= 0.3 is 0 Å².